The van der Waals surface area contributed by atoms with Crippen LogP contribution in [0.1, 0.15) is 51.4 Å². The summed E-state index contributed by atoms with van der Waals surface area (Å²) in [6.45, 7) is 2.44. The van der Waals surface area contributed by atoms with E-state index in [2.05, 4.69) is 10.6 Å². The average Bonchev–Trinajstić information content (AvgIpc) is 2.59. The van der Waals surface area contributed by atoms with E-state index in [0.29, 0.717) is 32.0 Å². The maximum atomic E-state index is 12.0. The summed E-state index contributed by atoms with van der Waals surface area (Å²) in [4.78, 5) is 25.7. The predicted octanol–water partition coefficient (Wildman–Crippen LogP) is 1.49. The minimum Gasteiger partial charge on any atom is -0.396 e. The van der Waals surface area contributed by atoms with Crippen molar-refractivity contribution in [2.24, 2.45) is 11.8 Å². The molecule has 1 aliphatic heterocycles. The SMILES string of the molecule is O=C(CC1CCCCC1)NCCNC(=O)N1CCC[C@H](CO)C1. The predicted molar refractivity (Wildman–Crippen MR) is 89.0 cm³/mol. The van der Waals surface area contributed by atoms with Gasteiger partial charge in [0.15, 0.2) is 0 Å². The fraction of sp³-hybridized carbons (Fsp3) is 0.882. The lowest BCUT2D eigenvalue weighted by atomic mass is 9.87. The average molecular weight is 325 g/mol. The molecule has 1 saturated carbocycles. The van der Waals surface area contributed by atoms with Crippen molar-refractivity contribution in [3.8, 4) is 0 Å². The highest BCUT2D eigenvalue weighted by molar-refractivity contribution is 5.76. The van der Waals surface area contributed by atoms with Gasteiger partial charge in [0, 0.05) is 39.2 Å². The molecule has 3 N–H and O–H groups in total. The Bertz CT molecular complexity index is 383. The Morgan fingerprint density at radius 1 is 0.957 bits per heavy atom. The van der Waals surface area contributed by atoms with Gasteiger partial charge in [-0.25, -0.2) is 4.79 Å². The molecule has 2 fully saturated rings. The van der Waals surface area contributed by atoms with E-state index in [1.807, 2.05) is 0 Å². The Balaban J connectivity index is 1.55. The van der Waals surface area contributed by atoms with Crippen molar-refractivity contribution >= 4 is 11.9 Å². The third kappa shape index (κ3) is 6.37. The molecule has 23 heavy (non-hydrogen) atoms. The molecular formula is C17H31N3O3. The van der Waals surface area contributed by atoms with Crippen LogP contribution in [0.5, 0.6) is 0 Å². The molecule has 1 saturated heterocycles. The van der Waals surface area contributed by atoms with Gasteiger partial charge in [-0.1, -0.05) is 19.3 Å². The summed E-state index contributed by atoms with van der Waals surface area (Å²) in [6, 6.07) is -0.0929. The van der Waals surface area contributed by atoms with Gasteiger partial charge in [-0.3, -0.25) is 4.79 Å². The fourth-order valence-corrected chi connectivity index (χ4v) is 3.61. The van der Waals surface area contributed by atoms with Crippen LogP contribution >= 0.6 is 0 Å². The number of carbonyl (C=O) groups excluding carboxylic acids is 2. The molecule has 1 heterocycles. The number of nitrogens with one attached hydrogen (secondary N) is 2. The van der Waals surface area contributed by atoms with Gasteiger partial charge < -0.3 is 20.6 Å². The van der Waals surface area contributed by atoms with E-state index in [1.54, 1.807) is 4.90 Å². The second-order valence-corrected chi connectivity index (χ2v) is 6.93. The first-order valence-corrected chi connectivity index (χ1v) is 9.09. The molecule has 1 atom stereocenters. The van der Waals surface area contributed by atoms with Crippen molar-refractivity contribution in [2.45, 2.75) is 51.4 Å². The van der Waals surface area contributed by atoms with Crippen molar-refractivity contribution in [2.75, 3.05) is 32.8 Å². The molecule has 0 bridgehead atoms. The van der Waals surface area contributed by atoms with Crippen molar-refractivity contribution in [3.05, 3.63) is 0 Å². The lowest BCUT2D eigenvalue weighted by Gasteiger charge is -2.31. The van der Waals surface area contributed by atoms with Gasteiger partial charge in [0.05, 0.1) is 0 Å². The highest BCUT2D eigenvalue weighted by Crippen LogP contribution is 2.25. The third-order valence-corrected chi connectivity index (χ3v) is 4.99. The van der Waals surface area contributed by atoms with E-state index >= 15 is 0 Å². The zero-order valence-electron chi connectivity index (χ0n) is 14.1. The zero-order chi connectivity index (χ0) is 16.5. The number of nitrogens with zero attached hydrogens (tertiary/aromatic N) is 1. The van der Waals surface area contributed by atoms with Gasteiger partial charge in [0.2, 0.25) is 5.91 Å². The van der Waals surface area contributed by atoms with E-state index in [-0.39, 0.29) is 24.5 Å². The molecule has 3 amide bonds. The van der Waals surface area contributed by atoms with Crippen LogP contribution in [0.4, 0.5) is 4.79 Å². The van der Waals surface area contributed by atoms with Gasteiger partial charge in [-0.15, -0.1) is 0 Å². The summed E-state index contributed by atoms with van der Waals surface area (Å²) in [7, 11) is 0. The number of aliphatic hydroxyl groups is 1. The summed E-state index contributed by atoms with van der Waals surface area (Å²) < 4.78 is 0. The Kier molecular flexibility index (Phi) is 7.65. The second kappa shape index (κ2) is 9.75. The van der Waals surface area contributed by atoms with Crippen LogP contribution in [0.15, 0.2) is 0 Å². The minimum absolute atomic E-state index is 0.0929. The van der Waals surface area contributed by atoms with Gasteiger partial charge >= 0.3 is 6.03 Å². The summed E-state index contributed by atoms with van der Waals surface area (Å²) in [6.07, 6.45) is 8.69. The van der Waals surface area contributed by atoms with Crippen LogP contribution in [-0.4, -0.2) is 54.7 Å². The molecule has 0 unspecified atom stereocenters. The molecule has 0 aromatic carbocycles. The van der Waals surface area contributed by atoms with E-state index in [9.17, 15) is 14.7 Å². The Labute approximate surface area is 139 Å². The molecule has 2 rings (SSSR count). The largest absolute Gasteiger partial charge is 0.396 e. The fourth-order valence-electron chi connectivity index (χ4n) is 3.61. The summed E-state index contributed by atoms with van der Waals surface area (Å²) >= 11 is 0. The standard InChI is InChI=1S/C17H31N3O3/c21-13-15-7-4-10-20(12-15)17(23)19-9-8-18-16(22)11-14-5-2-1-3-6-14/h14-15,21H,1-13H2,(H,18,22)(H,19,23)/t15-/m0/s1. The molecule has 132 valence electrons. The number of hydrogen-bond acceptors (Lipinski definition) is 3. The van der Waals surface area contributed by atoms with Crippen molar-refractivity contribution in [1.29, 1.82) is 0 Å². The smallest absolute Gasteiger partial charge is 0.317 e. The first-order valence-electron chi connectivity index (χ1n) is 9.09. The molecule has 2 aliphatic rings. The number of amides is 3. The summed E-state index contributed by atoms with van der Waals surface area (Å²) in [5.41, 5.74) is 0. The van der Waals surface area contributed by atoms with Gasteiger partial charge in [0.1, 0.15) is 0 Å². The van der Waals surface area contributed by atoms with Crippen LogP contribution in [0.25, 0.3) is 0 Å². The maximum Gasteiger partial charge on any atom is 0.317 e. The third-order valence-electron chi connectivity index (χ3n) is 4.99. The molecule has 6 nitrogen and oxygen atoms in total. The topological polar surface area (TPSA) is 81.7 Å². The Hall–Kier alpha value is -1.30. The molecule has 6 heteroatoms. The van der Waals surface area contributed by atoms with Crippen LogP contribution in [0, 0.1) is 11.8 Å². The number of aliphatic hydroxyl groups excluding tert-OH is 1. The van der Waals surface area contributed by atoms with E-state index in [1.165, 1.54) is 32.1 Å². The van der Waals surface area contributed by atoms with E-state index < -0.39 is 0 Å². The van der Waals surface area contributed by atoms with E-state index in [0.717, 1.165) is 19.4 Å². The quantitative estimate of drug-likeness (QED) is 0.647. The number of hydrogen-bond donors (Lipinski definition) is 3. The van der Waals surface area contributed by atoms with Crippen molar-refractivity contribution in [3.63, 3.8) is 0 Å². The molecule has 0 spiro atoms. The van der Waals surface area contributed by atoms with Crippen molar-refractivity contribution < 1.29 is 14.7 Å². The Morgan fingerprint density at radius 2 is 1.65 bits per heavy atom. The highest BCUT2D eigenvalue weighted by atomic mass is 16.3. The van der Waals surface area contributed by atoms with Crippen molar-refractivity contribution in [1.82, 2.24) is 15.5 Å². The summed E-state index contributed by atoms with van der Waals surface area (Å²) in [5.74, 6) is 0.844. The van der Waals surface area contributed by atoms with Gasteiger partial charge in [-0.05, 0) is 37.5 Å². The molecular weight excluding hydrogens is 294 g/mol. The van der Waals surface area contributed by atoms with Crippen LogP contribution < -0.4 is 10.6 Å². The molecule has 0 radical (unpaired) electrons. The second-order valence-electron chi connectivity index (χ2n) is 6.93. The molecule has 0 aromatic rings. The van der Waals surface area contributed by atoms with Crippen LogP contribution in [0.2, 0.25) is 0 Å². The minimum atomic E-state index is -0.0929. The van der Waals surface area contributed by atoms with E-state index in [4.69, 9.17) is 0 Å². The first-order chi connectivity index (χ1) is 11.2. The number of carbonyl (C=O) groups is 2. The normalized spacial score (nSPS) is 22.7. The number of urea groups is 1. The lowest BCUT2D eigenvalue weighted by Crippen LogP contribution is -2.47. The summed E-state index contributed by atoms with van der Waals surface area (Å²) in [5, 5.41) is 14.9. The van der Waals surface area contributed by atoms with Gasteiger partial charge in [-0.2, -0.15) is 0 Å². The molecule has 1 aliphatic carbocycles. The van der Waals surface area contributed by atoms with Crippen LogP contribution in [0.3, 0.4) is 0 Å². The maximum absolute atomic E-state index is 12.0. The first kappa shape index (κ1) is 18.0. The number of piperidine rings is 1. The lowest BCUT2D eigenvalue weighted by molar-refractivity contribution is -0.122. The number of likely N-dealkylation sites (tertiary alicyclic amines) is 1. The zero-order valence-corrected chi connectivity index (χ0v) is 14.1. The number of rotatable bonds is 6. The monoisotopic (exact) mass is 325 g/mol. The Morgan fingerprint density at radius 3 is 2.39 bits per heavy atom. The van der Waals surface area contributed by atoms with Gasteiger partial charge in [0.25, 0.3) is 0 Å². The van der Waals surface area contributed by atoms with Crippen LogP contribution in [-0.2, 0) is 4.79 Å². The molecule has 0 aromatic heterocycles. The highest BCUT2D eigenvalue weighted by Gasteiger charge is 2.22.